The molecule has 0 aliphatic carbocycles. The molecule has 0 saturated heterocycles. The van der Waals surface area contributed by atoms with Crippen LogP contribution in [0.3, 0.4) is 0 Å². The van der Waals surface area contributed by atoms with Gasteiger partial charge in [0.1, 0.15) is 11.6 Å². The van der Waals surface area contributed by atoms with Gasteiger partial charge in [-0.25, -0.2) is 0 Å². The third-order valence-electron chi connectivity index (χ3n) is 5.43. The highest BCUT2D eigenvalue weighted by Gasteiger charge is 2.15. The first-order valence-electron chi connectivity index (χ1n) is 10.1. The summed E-state index contributed by atoms with van der Waals surface area (Å²) in [6, 6.07) is 19.3. The Bertz CT molecular complexity index is 1430. The van der Waals surface area contributed by atoms with Gasteiger partial charge in [0, 0.05) is 39.4 Å². The van der Waals surface area contributed by atoms with E-state index >= 15 is 0 Å². The van der Waals surface area contributed by atoms with E-state index in [0.29, 0.717) is 10.7 Å². The second-order valence-electron chi connectivity index (χ2n) is 7.63. The average Bonchev–Trinajstić information content (AvgIpc) is 3.06. The van der Waals surface area contributed by atoms with E-state index in [1.165, 1.54) is 0 Å². The maximum Gasteiger partial charge on any atom is 0.266 e. The van der Waals surface area contributed by atoms with Crippen molar-refractivity contribution in [1.29, 1.82) is 5.26 Å². The predicted molar refractivity (Wildman–Crippen MR) is 129 cm³/mol. The lowest BCUT2D eigenvalue weighted by atomic mass is 10.1. The van der Waals surface area contributed by atoms with Gasteiger partial charge >= 0.3 is 0 Å². The number of carbonyl (C=O) groups excluding carboxylic acids is 1. The molecule has 0 atom stereocenters. The third kappa shape index (κ3) is 4.14. The molecule has 0 aliphatic heterocycles. The van der Waals surface area contributed by atoms with E-state index < -0.39 is 5.91 Å². The minimum Gasteiger partial charge on any atom is -0.321 e. The smallest absolute Gasteiger partial charge is 0.266 e. The van der Waals surface area contributed by atoms with Crippen LogP contribution < -0.4 is 5.32 Å². The highest BCUT2D eigenvalue weighted by molar-refractivity contribution is 6.31. The summed E-state index contributed by atoms with van der Waals surface area (Å²) in [7, 11) is 0. The molecule has 0 spiro atoms. The maximum absolute atomic E-state index is 12.8. The summed E-state index contributed by atoms with van der Waals surface area (Å²) in [6.45, 7) is 5.84. The van der Waals surface area contributed by atoms with Gasteiger partial charge in [0.25, 0.3) is 5.91 Å². The number of benzene rings is 2. The van der Waals surface area contributed by atoms with Gasteiger partial charge in [0.2, 0.25) is 0 Å². The van der Waals surface area contributed by atoms with E-state index in [1.807, 2.05) is 63.2 Å². The first kappa shape index (κ1) is 21.4. The Kier molecular flexibility index (Phi) is 5.81. The highest BCUT2D eigenvalue weighted by atomic mass is 35.5. The molecule has 2 aromatic carbocycles. The van der Waals surface area contributed by atoms with Gasteiger partial charge in [-0.05, 0) is 80.4 Å². The molecule has 5 nitrogen and oxygen atoms in total. The molecule has 0 unspecified atom stereocenters. The van der Waals surface area contributed by atoms with Crippen LogP contribution in [0.2, 0.25) is 5.02 Å². The SMILES string of the molecule is Cc1ccc(Cl)cc1NC(=O)/C(C#N)=C\c1cc(C)n(-c2ccc3ncccc3c2)c1C. The molecule has 32 heavy (non-hydrogen) atoms. The molecule has 0 bridgehead atoms. The van der Waals surface area contributed by atoms with Crippen molar-refractivity contribution in [2.45, 2.75) is 20.8 Å². The van der Waals surface area contributed by atoms with Gasteiger partial charge < -0.3 is 9.88 Å². The summed E-state index contributed by atoms with van der Waals surface area (Å²) in [6.07, 6.45) is 3.40. The minimum atomic E-state index is -0.473. The Balaban J connectivity index is 1.69. The van der Waals surface area contributed by atoms with Crippen LogP contribution >= 0.6 is 11.6 Å². The molecular weight excluding hydrogens is 420 g/mol. The fourth-order valence-corrected chi connectivity index (χ4v) is 3.93. The van der Waals surface area contributed by atoms with Crippen LogP contribution in [0.4, 0.5) is 5.69 Å². The lowest BCUT2D eigenvalue weighted by Crippen LogP contribution is -2.14. The van der Waals surface area contributed by atoms with E-state index in [-0.39, 0.29) is 5.57 Å². The number of amides is 1. The Morgan fingerprint density at radius 2 is 1.94 bits per heavy atom. The summed E-state index contributed by atoms with van der Waals surface area (Å²) in [5, 5.41) is 14.0. The monoisotopic (exact) mass is 440 g/mol. The number of carbonyl (C=O) groups is 1. The van der Waals surface area contributed by atoms with Crippen LogP contribution in [0.25, 0.3) is 22.7 Å². The zero-order chi connectivity index (χ0) is 22.8. The van der Waals surface area contributed by atoms with Crippen LogP contribution in [0.5, 0.6) is 0 Å². The summed E-state index contributed by atoms with van der Waals surface area (Å²) in [5.74, 6) is -0.473. The molecule has 6 heteroatoms. The summed E-state index contributed by atoms with van der Waals surface area (Å²) < 4.78 is 2.10. The Labute approximate surface area is 191 Å². The molecule has 2 heterocycles. The number of halogens is 1. The van der Waals surface area contributed by atoms with Crippen molar-refractivity contribution in [2.24, 2.45) is 0 Å². The molecular formula is C26H21ClN4O. The Morgan fingerprint density at radius 1 is 1.12 bits per heavy atom. The normalized spacial score (nSPS) is 11.4. The number of rotatable bonds is 4. The quantitative estimate of drug-likeness (QED) is 0.305. The first-order valence-corrected chi connectivity index (χ1v) is 10.5. The fraction of sp³-hybridized carbons (Fsp3) is 0.115. The van der Waals surface area contributed by atoms with E-state index in [4.69, 9.17) is 11.6 Å². The number of anilines is 1. The number of aromatic nitrogens is 2. The molecule has 0 radical (unpaired) electrons. The van der Waals surface area contributed by atoms with Crippen molar-refractivity contribution in [3.8, 4) is 11.8 Å². The molecule has 2 aromatic heterocycles. The second kappa shape index (κ2) is 8.70. The average molecular weight is 441 g/mol. The van der Waals surface area contributed by atoms with E-state index in [0.717, 1.165) is 39.1 Å². The lowest BCUT2D eigenvalue weighted by molar-refractivity contribution is -0.112. The largest absolute Gasteiger partial charge is 0.321 e. The van der Waals surface area contributed by atoms with Crippen molar-refractivity contribution >= 4 is 40.2 Å². The fourth-order valence-electron chi connectivity index (χ4n) is 3.76. The van der Waals surface area contributed by atoms with E-state index in [2.05, 4.69) is 20.9 Å². The van der Waals surface area contributed by atoms with Crippen LogP contribution in [0.15, 0.2) is 66.4 Å². The maximum atomic E-state index is 12.8. The number of hydrogen-bond acceptors (Lipinski definition) is 3. The van der Waals surface area contributed by atoms with Crippen molar-refractivity contribution in [3.05, 3.63) is 93.9 Å². The Morgan fingerprint density at radius 3 is 2.72 bits per heavy atom. The van der Waals surface area contributed by atoms with Crippen LogP contribution in [-0.2, 0) is 4.79 Å². The molecule has 0 aliphatic rings. The number of aryl methyl sites for hydroxylation is 2. The number of nitriles is 1. The van der Waals surface area contributed by atoms with E-state index in [1.54, 1.807) is 24.4 Å². The van der Waals surface area contributed by atoms with Crippen LogP contribution in [0, 0.1) is 32.1 Å². The van der Waals surface area contributed by atoms with E-state index in [9.17, 15) is 10.1 Å². The zero-order valence-corrected chi connectivity index (χ0v) is 18.7. The van der Waals surface area contributed by atoms with Gasteiger partial charge in [-0.1, -0.05) is 23.7 Å². The van der Waals surface area contributed by atoms with Crippen molar-refractivity contribution in [3.63, 3.8) is 0 Å². The van der Waals surface area contributed by atoms with Crippen molar-refractivity contribution in [1.82, 2.24) is 9.55 Å². The van der Waals surface area contributed by atoms with Gasteiger partial charge in [-0.15, -0.1) is 0 Å². The van der Waals surface area contributed by atoms with Crippen molar-refractivity contribution < 1.29 is 4.79 Å². The van der Waals surface area contributed by atoms with Gasteiger partial charge in [-0.3, -0.25) is 9.78 Å². The first-order chi connectivity index (χ1) is 15.4. The summed E-state index contributed by atoms with van der Waals surface area (Å²) >= 11 is 6.04. The number of nitrogens with one attached hydrogen (secondary N) is 1. The Hall–Kier alpha value is -3.88. The molecule has 1 amide bonds. The number of nitrogens with zero attached hydrogens (tertiary/aromatic N) is 3. The number of fused-ring (bicyclic) bond motifs is 1. The molecule has 0 saturated carbocycles. The van der Waals surface area contributed by atoms with Gasteiger partial charge in [-0.2, -0.15) is 5.26 Å². The van der Waals surface area contributed by atoms with Gasteiger partial charge in [0.05, 0.1) is 5.52 Å². The van der Waals surface area contributed by atoms with Crippen LogP contribution in [0.1, 0.15) is 22.5 Å². The number of hydrogen-bond donors (Lipinski definition) is 1. The standard InChI is InChI=1S/C26H21ClN4O/c1-16-6-7-22(27)14-25(16)30-26(32)21(15-28)12-20-11-17(2)31(18(20)3)23-8-9-24-19(13-23)5-4-10-29-24/h4-14H,1-3H3,(H,30,32)/b21-12-. The third-order valence-corrected chi connectivity index (χ3v) is 5.66. The molecule has 0 fully saturated rings. The highest BCUT2D eigenvalue weighted by Crippen LogP contribution is 2.26. The topological polar surface area (TPSA) is 70.7 Å². The second-order valence-corrected chi connectivity index (χ2v) is 8.06. The zero-order valence-electron chi connectivity index (χ0n) is 18.0. The van der Waals surface area contributed by atoms with Gasteiger partial charge in [0.15, 0.2) is 0 Å². The van der Waals surface area contributed by atoms with Crippen molar-refractivity contribution in [2.75, 3.05) is 5.32 Å². The summed E-state index contributed by atoms with van der Waals surface area (Å²) in [5.41, 5.74) is 6.14. The minimum absolute atomic E-state index is 0.0207. The molecule has 4 aromatic rings. The predicted octanol–water partition coefficient (Wildman–Crippen LogP) is 6.15. The van der Waals surface area contributed by atoms with Crippen LogP contribution in [-0.4, -0.2) is 15.5 Å². The molecule has 158 valence electrons. The lowest BCUT2D eigenvalue weighted by Gasteiger charge is -2.11. The number of pyridine rings is 1. The molecule has 1 N–H and O–H groups in total. The molecule has 4 rings (SSSR count). The summed E-state index contributed by atoms with van der Waals surface area (Å²) in [4.78, 5) is 17.1.